The molecule has 0 atom stereocenters. The summed E-state index contributed by atoms with van der Waals surface area (Å²) in [6, 6.07) is 5.69. The summed E-state index contributed by atoms with van der Waals surface area (Å²) in [6.45, 7) is 0.874. The highest BCUT2D eigenvalue weighted by atomic mass is 32.1. The quantitative estimate of drug-likeness (QED) is 0.783. The van der Waals surface area contributed by atoms with Crippen molar-refractivity contribution in [1.29, 1.82) is 0 Å². The first-order chi connectivity index (χ1) is 9.80. The van der Waals surface area contributed by atoms with Gasteiger partial charge in [-0.3, -0.25) is 4.40 Å². The van der Waals surface area contributed by atoms with E-state index in [1.807, 2.05) is 40.4 Å². The third kappa shape index (κ3) is 2.48. The van der Waals surface area contributed by atoms with Gasteiger partial charge in [0.05, 0.1) is 12.8 Å². The van der Waals surface area contributed by atoms with Crippen LogP contribution in [0.2, 0.25) is 0 Å². The lowest BCUT2D eigenvalue weighted by Gasteiger charge is -2.10. The van der Waals surface area contributed by atoms with Gasteiger partial charge in [-0.1, -0.05) is 6.07 Å². The van der Waals surface area contributed by atoms with Crippen molar-refractivity contribution in [2.45, 2.75) is 13.2 Å². The Morgan fingerprint density at radius 2 is 2.25 bits per heavy atom. The van der Waals surface area contributed by atoms with E-state index in [2.05, 4.69) is 4.98 Å². The number of rotatable bonds is 5. The van der Waals surface area contributed by atoms with Crippen LogP contribution in [0.25, 0.3) is 4.96 Å². The number of aromatic nitrogens is 2. The summed E-state index contributed by atoms with van der Waals surface area (Å²) in [4.78, 5) is 5.44. The number of ether oxygens (including phenoxy) is 2. The van der Waals surface area contributed by atoms with Gasteiger partial charge >= 0.3 is 0 Å². The van der Waals surface area contributed by atoms with Crippen LogP contribution in [0.5, 0.6) is 11.5 Å². The first-order valence-electron chi connectivity index (χ1n) is 6.21. The zero-order valence-electron chi connectivity index (χ0n) is 11.1. The molecule has 0 fully saturated rings. The number of hydrogen-bond acceptors (Lipinski definition) is 5. The third-order valence-electron chi connectivity index (χ3n) is 2.98. The molecule has 2 N–H and O–H groups in total. The maximum absolute atomic E-state index is 5.80. The van der Waals surface area contributed by atoms with Gasteiger partial charge in [0.25, 0.3) is 0 Å². The summed E-state index contributed by atoms with van der Waals surface area (Å²) in [6.07, 6.45) is 3.94. The lowest BCUT2D eigenvalue weighted by Crippen LogP contribution is -2.01. The van der Waals surface area contributed by atoms with Crippen molar-refractivity contribution in [2.75, 3.05) is 7.11 Å². The fourth-order valence-electron chi connectivity index (χ4n) is 1.96. The van der Waals surface area contributed by atoms with Gasteiger partial charge in [-0.15, -0.1) is 11.3 Å². The first kappa shape index (κ1) is 13.0. The fraction of sp³-hybridized carbons (Fsp3) is 0.214. The topological polar surface area (TPSA) is 61.8 Å². The molecule has 20 heavy (non-hydrogen) atoms. The Hall–Kier alpha value is -2.05. The van der Waals surface area contributed by atoms with Crippen LogP contribution < -0.4 is 15.2 Å². The van der Waals surface area contributed by atoms with Crippen molar-refractivity contribution in [2.24, 2.45) is 5.73 Å². The SMILES string of the molecule is COc1ccc(CN)cc1OCc1cn2ccsc2n1. The molecule has 2 heterocycles. The minimum absolute atomic E-state index is 0.402. The second-order valence-corrected chi connectivity index (χ2v) is 5.18. The van der Waals surface area contributed by atoms with Gasteiger partial charge in [0.2, 0.25) is 0 Å². The summed E-state index contributed by atoms with van der Waals surface area (Å²) < 4.78 is 13.1. The van der Waals surface area contributed by atoms with Gasteiger partial charge in [0.1, 0.15) is 6.61 Å². The molecule has 0 saturated heterocycles. The second-order valence-electron chi connectivity index (χ2n) is 4.30. The third-order valence-corrected chi connectivity index (χ3v) is 3.75. The molecule has 3 rings (SSSR count). The normalized spacial score (nSPS) is 10.9. The molecular weight excluding hydrogens is 274 g/mol. The number of hydrogen-bond donors (Lipinski definition) is 1. The van der Waals surface area contributed by atoms with Crippen LogP contribution in [0.4, 0.5) is 0 Å². The van der Waals surface area contributed by atoms with E-state index in [0.717, 1.165) is 16.2 Å². The lowest BCUT2D eigenvalue weighted by atomic mass is 10.2. The number of nitrogens with two attached hydrogens (primary N) is 1. The van der Waals surface area contributed by atoms with Crippen molar-refractivity contribution in [3.8, 4) is 11.5 Å². The summed E-state index contributed by atoms with van der Waals surface area (Å²) in [5, 5.41) is 2.00. The van der Waals surface area contributed by atoms with Crippen molar-refractivity contribution in [1.82, 2.24) is 9.38 Å². The molecule has 0 aliphatic heterocycles. The highest BCUT2D eigenvalue weighted by molar-refractivity contribution is 7.15. The smallest absolute Gasteiger partial charge is 0.193 e. The Bertz CT molecular complexity index is 692. The Morgan fingerprint density at radius 1 is 1.35 bits per heavy atom. The molecule has 0 bridgehead atoms. The Balaban J connectivity index is 1.78. The number of methoxy groups -OCH3 is 1. The van der Waals surface area contributed by atoms with Crippen LogP contribution in [0.1, 0.15) is 11.3 Å². The van der Waals surface area contributed by atoms with E-state index in [1.54, 1.807) is 18.4 Å². The number of imidazole rings is 1. The van der Waals surface area contributed by atoms with Gasteiger partial charge in [-0.25, -0.2) is 4.98 Å². The van der Waals surface area contributed by atoms with Gasteiger partial charge in [0.15, 0.2) is 16.5 Å². The van der Waals surface area contributed by atoms with Crippen molar-refractivity contribution in [3.05, 3.63) is 47.2 Å². The van der Waals surface area contributed by atoms with Gasteiger partial charge in [-0.2, -0.15) is 0 Å². The van der Waals surface area contributed by atoms with E-state index in [0.29, 0.717) is 24.7 Å². The average molecular weight is 289 g/mol. The molecular formula is C14H15N3O2S. The van der Waals surface area contributed by atoms with E-state index in [1.165, 1.54) is 0 Å². The molecule has 0 aliphatic rings. The van der Waals surface area contributed by atoms with E-state index in [9.17, 15) is 0 Å². The summed E-state index contributed by atoms with van der Waals surface area (Å²) in [5.74, 6) is 1.38. The van der Waals surface area contributed by atoms with Crippen LogP contribution in [0.15, 0.2) is 36.0 Å². The highest BCUT2D eigenvalue weighted by Gasteiger charge is 2.08. The monoisotopic (exact) mass is 289 g/mol. The van der Waals surface area contributed by atoms with E-state index in [-0.39, 0.29) is 0 Å². The van der Waals surface area contributed by atoms with E-state index in [4.69, 9.17) is 15.2 Å². The van der Waals surface area contributed by atoms with Crippen LogP contribution in [0, 0.1) is 0 Å². The second kappa shape index (κ2) is 5.52. The Morgan fingerprint density at radius 3 is 3.00 bits per heavy atom. The standard InChI is InChI=1S/C14H15N3O2S/c1-18-12-3-2-10(7-15)6-13(12)19-9-11-8-17-4-5-20-14(17)16-11/h2-6,8H,7,9,15H2,1H3. The maximum Gasteiger partial charge on any atom is 0.193 e. The molecule has 2 aromatic heterocycles. The average Bonchev–Trinajstić information content (AvgIpc) is 3.05. The molecule has 0 amide bonds. The van der Waals surface area contributed by atoms with E-state index < -0.39 is 0 Å². The number of thiazole rings is 1. The van der Waals surface area contributed by atoms with E-state index >= 15 is 0 Å². The number of benzene rings is 1. The van der Waals surface area contributed by atoms with Crippen molar-refractivity contribution in [3.63, 3.8) is 0 Å². The van der Waals surface area contributed by atoms with Crippen LogP contribution in [-0.4, -0.2) is 16.5 Å². The molecule has 3 aromatic rings. The number of nitrogens with zero attached hydrogens (tertiary/aromatic N) is 2. The number of fused-ring (bicyclic) bond motifs is 1. The minimum Gasteiger partial charge on any atom is -0.493 e. The molecule has 0 unspecified atom stereocenters. The maximum atomic E-state index is 5.80. The molecule has 0 spiro atoms. The predicted molar refractivity (Wildman–Crippen MR) is 78.3 cm³/mol. The molecule has 5 nitrogen and oxygen atoms in total. The fourth-order valence-corrected chi connectivity index (χ4v) is 2.68. The highest BCUT2D eigenvalue weighted by Crippen LogP contribution is 2.28. The molecule has 104 valence electrons. The zero-order valence-corrected chi connectivity index (χ0v) is 11.9. The van der Waals surface area contributed by atoms with Gasteiger partial charge in [0, 0.05) is 24.3 Å². The Labute approximate surface area is 120 Å². The predicted octanol–water partition coefficient (Wildman–Crippen LogP) is 2.44. The summed E-state index contributed by atoms with van der Waals surface area (Å²) >= 11 is 1.60. The summed E-state index contributed by atoms with van der Waals surface area (Å²) in [5.41, 5.74) is 7.54. The van der Waals surface area contributed by atoms with Crippen LogP contribution in [-0.2, 0) is 13.2 Å². The molecule has 0 saturated carbocycles. The molecule has 0 radical (unpaired) electrons. The van der Waals surface area contributed by atoms with Gasteiger partial charge < -0.3 is 15.2 Å². The van der Waals surface area contributed by atoms with Crippen LogP contribution in [0.3, 0.4) is 0 Å². The largest absolute Gasteiger partial charge is 0.493 e. The molecule has 6 heteroatoms. The minimum atomic E-state index is 0.402. The van der Waals surface area contributed by atoms with Crippen LogP contribution >= 0.6 is 11.3 Å². The van der Waals surface area contributed by atoms with Gasteiger partial charge in [-0.05, 0) is 17.7 Å². The first-order valence-corrected chi connectivity index (χ1v) is 7.09. The Kier molecular flexibility index (Phi) is 3.58. The molecule has 0 aliphatic carbocycles. The molecule has 1 aromatic carbocycles. The summed E-state index contributed by atoms with van der Waals surface area (Å²) in [7, 11) is 1.62. The zero-order chi connectivity index (χ0) is 13.9. The van der Waals surface area contributed by atoms with Crippen molar-refractivity contribution >= 4 is 16.3 Å². The van der Waals surface area contributed by atoms with Crippen molar-refractivity contribution < 1.29 is 9.47 Å². The lowest BCUT2D eigenvalue weighted by molar-refractivity contribution is 0.281.